The van der Waals surface area contributed by atoms with Gasteiger partial charge in [-0.3, -0.25) is 4.90 Å². The van der Waals surface area contributed by atoms with Gasteiger partial charge >= 0.3 is 6.18 Å². The number of rotatable bonds is 2. The highest BCUT2D eigenvalue weighted by atomic mass is 79.9. The van der Waals surface area contributed by atoms with Crippen molar-refractivity contribution < 1.29 is 13.2 Å². The molecule has 1 aromatic carbocycles. The third-order valence-electron chi connectivity index (χ3n) is 4.54. The average molecular weight is 363 g/mol. The minimum absolute atomic E-state index is 0.363. The van der Waals surface area contributed by atoms with E-state index in [9.17, 15) is 13.2 Å². The number of nitrogens with zero attached hydrogens (tertiary/aromatic N) is 1. The Morgan fingerprint density at radius 2 is 1.95 bits per heavy atom. The van der Waals surface area contributed by atoms with Crippen LogP contribution < -0.4 is 5.32 Å². The Bertz CT molecular complexity index is 504. The van der Waals surface area contributed by atoms with Gasteiger partial charge in [-0.15, -0.1) is 0 Å². The van der Waals surface area contributed by atoms with Crippen molar-refractivity contribution in [2.45, 2.75) is 44.1 Å². The fraction of sp³-hybridized carbons (Fsp3) is 0.600. The summed E-state index contributed by atoms with van der Waals surface area (Å²) in [6.07, 6.45) is -1.10. The van der Waals surface area contributed by atoms with E-state index in [1.807, 2.05) is 0 Å². The van der Waals surface area contributed by atoms with Crippen LogP contribution in [0.1, 0.15) is 30.4 Å². The molecule has 1 N–H and O–H groups in total. The van der Waals surface area contributed by atoms with Crippen molar-refractivity contribution in [3.63, 3.8) is 0 Å². The van der Waals surface area contributed by atoms with Crippen molar-refractivity contribution in [3.8, 4) is 0 Å². The molecule has 2 nitrogen and oxygen atoms in total. The molecule has 6 heteroatoms. The first kappa shape index (κ1) is 15.3. The first-order valence-electron chi connectivity index (χ1n) is 7.27. The fourth-order valence-corrected chi connectivity index (χ4v) is 3.85. The number of hydrogen-bond acceptors (Lipinski definition) is 2. The lowest BCUT2D eigenvalue weighted by molar-refractivity contribution is -0.138. The van der Waals surface area contributed by atoms with E-state index in [2.05, 4.69) is 26.1 Å². The molecule has 0 aromatic heterocycles. The van der Waals surface area contributed by atoms with Gasteiger partial charge in [-0.1, -0.05) is 22.0 Å². The zero-order valence-electron chi connectivity index (χ0n) is 11.6. The van der Waals surface area contributed by atoms with Gasteiger partial charge in [-0.25, -0.2) is 0 Å². The predicted molar refractivity (Wildman–Crippen MR) is 79.0 cm³/mol. The van der Waals surface area contributed by atoms with E-state index < -0.39 is 11.7 Å². The van der Waals surface area contributed by atoms with Crippen molar-refractivity contribution in [3.05, 3.63) is 33.8 Å². The van der Waals surface area contributed by atoms with Gasteiger partial charge in [0.05, 0.1) is 5.56 Å². The number of alkyl halides is 3. The largest absolute Gasteiger partial charge is 0.416 e. The second-order valence-electron chi connectivity index (χ2n) is 5.85. The topological polar surface area (TPSA) is 15.3 Å². The number of benzene rings is 1. The average Bonchev–Trinajstić information content (AvgIpc) is 2.64. The van der Waals surface area contributed by atoms with Gasteiger partial charge < -0.3 is 5.32 Å². The summed E-state index contributed by atoms with van der Waals surface area (Å²) in [5.74, 6) is 0. The maximum atomic E-state index is 13.2. The van der Waals surface area contributed by atoms with Crippen molar-refractivity contribution in [1.82, 2.24) is 10.2 Å². The Hall–Kier alpha value is -0.590. The summed E-state index contributed by atoms with van der Waals surface area (Å²) in [7, 11) is 0. The molecule has 0 spiro atoms. The SMILES string of the molecule is FC(F)(F)c1cc(Br)ccc1CN1C2CCNCC1CC2. The molecular weight excluding hydrogens is 345 g/mol. The molecule has 2 unspecified atom stereocenters. The van der Waals surface area contributed by atoms with E-state index >= 15 is 0 Å². The minimum Gasteiger partial charge on any atom is -0.315 e. The van der Waals surface area contributed by atoms with Crippen LogP contribution in [-0.4, -0.2) is 30.1 Å². The first-order valence-corrected chi connectivity index (χ1v) is 8.06. The third kappa shape index (κ3) is 3.27. The summed E-state index contributed by atoms with van der Waals surface area (Å²) in [6, 6.07) is 5.26. The van der Waals surface area contributed by atoms with Crippen LogP contribution in [-0.2, 0) is 12.7 Å². The van der Waals surface area contributed by atoms with Crippen LogP contribution in [0, 0.1) is 0 Å². The predicted octanol–water partition coefficient (Wildman–Crippen LogP) is 3.79. The fourth-order valence-electron chi connectivity index (χ4n) is 3.49. The highest BCUT2D eigenvalue weighted by molar-refractivity contribution is 9.10. The molecule has 0 aliphatic carbocycles. The second-order valence-corrected chi connectivity index (χ2v) is 6.77. The zero-order valence-corrected chi connectivity index (χ0v) is 13.2. The van der Waals surface area contributed by atoms with Crippen molar-refractivity contribution >= 4 is 15.9 Å². The molecule has 0 saturated carbocycles. The summed E-state index contributed by atoms with van der Waals surface area (Å²) in [5, 5.41) is 3.38. The Balaban J connectivity index is 1.88. The molecule has 21 heavy (non-hydrogen) atoms. The highest BCUT2D eigenvalue weighted by Gasteiger charge is 2.38. The molecule has 0 amide bonds. The van der Waals surface area contributed by atoms with Crippen LogP contribution >= 0.6 is 15.9 Å². The van der Waals surface area contributed by atoms with Crippen LogP contribution in [0.4, 0.5) is 13.2 Å². The van der Waals surface area contributed by atoms with Gasteiger partial charge in [0.25, 0.3) is 0 Å². The van der Waals surface area contributed by atoms with E-state index in [1.165, 1.54) is 6.07 Å². The molecule has 3 rings (SSSR count). The quantitative estimate of drug-likeness (QED) is 0.860. The highest BCUT2D eigenvalue weighted by Crippen LogP contribution is 2.36. The van der Waals surface area contributed by atoms with E-state index in [-0.39, 0.29) is 0 Å². The van der Waals surface area contributed by atoms with Crippen LogP contribution in [0.25, 0.3) is 0 Å². The van der Waals surface area contributed by atoms with Crippen molar-refractivity contribution in [1.29, 1.82) is 0 Å². The first-order chi connectivity index (χ1) is 9.95. The van der Waals surface area contributed by atoms with Gasteiger partial charge in [0.1, 0.15) is 0 Å². The maximum absolute atomic E-state index is 13.2. The molecule has 2 bridgehead atoms. The summed E-state index contributed by atoms with van der Waals surface area (Å²) in [5.41, 5.74) is -0.141. The smallest absolute Gasteiger partial charge is 0.315 e. The molecule has 116 valence electrons. The lowest BCUT2D eigenvalue weighted by Gasteiger charge is -2.28. The summed E-state index contributed by atoms with van der Waals surface area (Å²) in [6.45, 7) is 2.23. The van der Waals surface area contributed by atoms with Gasteiger partial charge in [0.2, 0.25) is 0 Å². The Kier molecular flexibility index (Phi) is 4.30. The van der Waals surface area contributed by atoms with Crippen LogP contribution in [0.15, 0.2) is 22.7 Å². The van der Waals surface area contributed by atoms with Gasteiger partial charge in [-0.05, 0) is 43.5 Å². The summed E-state index contributed by atoms with van der Waals surface area (Å²) in [4.78, 5) is 2.26. The Labute approximate surface area is 130 Å². The molecule has 2 aliphatic heterocycles. The monoisotopic (exact) mass is 362 g/mol. The second kappa shape index (κ2) is 5.89. The van der Waals surface area contributed by atoms with E-state index in [1.54, 1.807) is 12.1 Å². The van der Waals surface area contributed by atoms with Gasteiger partial charge in [0.15, 0.2) is 0 Å². The van der Waals surface area contributed by atoms with Crippen LogP contribution in [0.2, 0.25) is 0 Å². The molecule has 2 heterocycles. The minimum atomic E-state index is -4.30. The molecule has 2 aliphatic rings. The molecule has 2 fully saturated rings. The van der Waals surface area contributed by atoms with Crippen LogP contribution in [0.3, 0.4) is 0 Å². The maximum Gasteiger partial charge on any atom is 0.416 e. The van der Waals surface area contributed by atoms with Crippen molar-refractivity contribution in [2.75, 3.05) is 13.1 Å². The molecule has 1 aromatic rings. The van der Waals surface area contributed by atoms with E-state index in [0.717, 1.165) is 32.4 Å². The normalized spacial score (nSPS) is 26.9. The third-order valence-corrected chi connectivity index (χ3v) is 5.03. The molecule has 2 atom stereocenters. The van der Waals surface area contributed by atoms with Crippen molar-refractivity contribution in [2.24, 2.45) is 0 Å². The Morgan fingerprint density at radius 1 is 1.19 bits per heavy atom. The number of halogens is 4. The van der Waals surface area contributed by atoms with Crippen LogP contribution in [0.5, 0.6) is 0 Å². The zero-order chi connectivity index (χ0) is 15.0. The van der Waals surface area contributed by atoms with E-state index in [4.69, 9.17) is 0 Å². The van der Waals surface area contributed by atoms with Gasteiger partial charge in [0, 0.05) is 29.6 Å². The number of fused-ring (bicyclic) bond motifs is 2. The summed E-state index contributed by atoms with van der Waals surface area (Å²) < 4.78 is 40.1. The van der Waals surface area contributed by atoms with Gasteiger partial charge in [-0.2, -0.15) is 13.2 Å². The number of nitrogens with one attached hydrogen (secondary N) is 1. The molecule has 2 saturated heterocycles. The molecule has 0 radical (unpaired) electrons. The lowest BCUT2D eigenvalue weighted by atomic mass is 10.1. The lowest BCUT2D eigenvalue weighted by Crippen LogP contribution is -2.37. The molecular formula is C15H18BrF3N2. The summed E-state index contributed by atoms with van der Waals surface area (Å²) >= 11 is 3.14. The Morgan fingerprint density at radius 3 is 2.71 bits per heavy atom. The van der Waals surface area contributed by atoms with E-state index in [0.29, 0.717) is 28.7 Å². The number of hydrogen-bond donors (Lipinski definition) is 1. The standard InChI is InChI=1S/C15H18BrF3N2/c16-11-2-1-10(14(7-11)15(17,18)19)9-21-12-3-4-13(21)8-20-6-5-12/h1-2,7,12-13,20H,3-6,8-9H2.